The molecule has 0 aliphatic rings. The van der Waals surface area contributed by atoms with Crippen LogP contribution in [0.25, 0.3) is 0 Å². The standard InChI is InChI=1S/C18H33N5O8/c1-8(2)6-11(21-15(27)10(19)4-5-13(20)26)16(28)22-12(7-24)17(29)23-14(9(3)25)18(30)31/h8-12,14,24-25H,4-7,19H2,1-3H3,(H2,20,26)(H,21,27)(H,22,28)(H,23,29)(H,30,31). The van der Waals surface area contributed by atoms with Gasteiger partial charge in [0.25, 0.3) is 0 Å². The summed E-state index contributed by atoms with van der Waals surface area (Å²) >= 11 is 0. The summed E-state index contributed by atoms with van der Waals surface area (Å²) in [6.45, 7) is 3.87. The minimum absolute atomic E-state index is 0.0191. The van der Waals surface area contributed by atoms with Crippen LogP contribution in [0.4, 0.5) is 0 Å². The van der Waals surface area contributed by atoms with Gasteiger partial charge in [-0.3, -0.25) is 19.2 Å². The lowest BCUT2D eigenvalue weighted by Crippen LogP contribution is -2.59. The van der Waals surface area contributed by atoms with Gasteiger partial charge in [-0.15, -0.1) is 0 Å². The van der Waals surface area contributed by atoms with Gasteiger partial charge in [0, 0.05) is 6.42 Å². The molecule has 0 aliphatic carbocycles. The van der Waals surface area contributed by atoms with E-state index in [1.807, 2.05) is 5.32 Å². The molecule has 31 heavy (non-hydrogen) atoms. The Bertz CT molecular complexity index is 655. The highest BCUT2D eigenvalue weighted by molar-refractivity contribution is 5.94. The highest BCUT2D eigenvalue weighted by Crippen LogP contribution is 2.07. The number of nitrogens with two attached hydrogens (primary N) is 2. The maximum atomic E-state index is 12.6. The second kappa shape index (κ2) is 13.5. The van der Waals surface area contributed by atoms with E-state index in [1.165, 1.54) is 0 Å². The second-order valence-corrected chi connectivity index (χ2v) is 7.61. The molecule has 0 aliphatic heterocycles. The number of amides is 4. The fourth-order valence-corrected chi connectivity index (χ4v) is 2.52. The Kier molecular flexibility index (Phi) is 12.3. The monoisotopic (exact) mass is 447 g/mol. The molecule has 0 spiro atoms. The Morgan fingerprint density at radius 1 is 0.903 bits per heavy atom. The lowest BCUT2D eigenvalue weighted by atomic mass is 10.0. The molecule has 5 atom stereocenters. The van der Waals surface area contributed by atoms with Crippen LogP contribution in [0.1, 0.15) is 40.0 Å². The highest BCUT2D eigenvalue weighted by atomic mass is 16.4. The van der Waals surface area contributed by atoms with Gasteiger partial charge in [-0.25, -0.2) is 4.79 Å². The molecule has 5 unspecified atom stereocenters. The third-order valence-corrected chi connectivity index (χ3v) is 4.24. The molecule has 0 saturated carbocycles. The second-order valence-electron chi connectivity index (χ2n) is 7.61. The van der Waals surface area contributed by atoms with Gasteiger partial charge in [0.05, 0.1) is 18.8 Å². The normalized spacial score (nSPS) is 15.8. The van der Waals surface area contributed by atoms with E-state index in [2.05, 4.69) is 10.6 Å². The van der Waals surface area contributed by atoms with Gasteiger partial charge in [-0.05, 0) is 25.7 Å². The Balaban J connectivity index is 5.21. The van der Waals surface area contributed by atoms with Crippen molar-refractivity contribution in [3.63, 3.8) is 0 Å². The van der Waals surface area contributed by atoms with Crippen molar-refractivity contribution >= 4 is 29.6 Å². The number of aliphatic hydroxyl groups is 2. The molecule has 0 radical (unpaired) electrons. The van der Waals surface area contributed by atoms with Crippen LogP contribution in [0.2, 0.25) is 0 Å². The van der Waals surface area contributed by atoms with Crippen molar-refractivity contribution in [3.05, 3.63) is 0 Å². The van der Waals surface area contributed by atoms with Crippen LogP contribution in [0.3, 0.4) is 0 Å². The van der Waals surface area contributed by atoms with Crippen molar-refractivity contribution in [2.24, 2.45) is 17.4 Å². The van der Waals surface area contributed by atoms with Crippen molar-refractivity contribution in [2.75, 3.05) is 6.61 Å². The number of carboxylic acids is 1. The predicted octanol–water partition coefficient (Wildman–Crippen LogP) is -3.46. The molecule has 4 amide bonds. The predicted molar refractivity (Wildman–Crippen MR) is 108 cm³/mol. The van der Waals surface area contributed by atoms with Gasteiger partial charge in [-0.2, -0.15) is 0 Å². The zero-order valence-electron chi connectivity index (χ0n) is 17.8. The van der Waals surface area contributed by atoms with Gasteiger partial charge in [0.1, 0.15) is 12.1 Å². The summed E-state index contributed by atoms with van der Waals surface area (Å²) in [5, 5.41) is 34.6. The Morgan fingerprint density at radius 2 is 1.42 bits per heavy atom. The average molecular weight is 447 g/mol. The largest absolute Gasteiger partial charge is 0.480 e. The minimum atomic E-state index is -1.65. The number of primary amides is 1. The summed E-state index contributed by atoms with van der Waals surface area (Å²) in [6.07, 6.45) is -1.39. The van der Waals surface area contributed by atoms with E-state index in [0.29, 0.717) is 0 Å². The van der Waals surface area contributed by atoms with E-state index >= 15 is 0 Å². The molecule has 0 aromatic heterocycles. The number of carbonyl (C=O) groups is 5. The number of rotatable bonds is 14. The summed E-state index contributed by atoms with van der Waals surface area (Å²) in [5.41, 5.74) is 10.7. The zero-order valence-corrected chi connectivity index (χ0v) is 17.8. The van der Waals surface area contributed by atoms with Gasteiger partial charge in [0.2, 0.25) is 23.6 Å². The minimum Gasteiger partial charge on any atom is -0.480 e. The first kappa shape index (κ1) is 28.2. The molecule has 0 heterocycles. The van der Waals surface area contributed by atoms with E-state index in [1.54, 1.807) is 13.8 Å². The fourth-order valence-electron chi connectivity index (χ4n) is 2.52. The first-order valence-electron chi connectivity index (χ1n) is 9.76. The maximum Gasteiger partial charge on any atom is 0.328 e. The Labute approximate surface area is 179 Å². The van der Waals surface area contributed by atoms with Gasteiger partial charge < -0.3 is 42.7 Å². The number of nitrogens with one attached hydrogen (secondary N) is 3. The maximum absolute atomic E-state index is 12.6. The molecular formula is C18H33N5O8. The topological polar surface area (TPSA) is 234 Å². The number of hydrogen-bond acceptors (Lipinski definition) is 8. The van der Waals surface area contributed by atoms with Gasteiger partial charge in [-0.1, -0.05) is 13.8 Å². The molecule has 13 nitrogen and oxygen atoms in total. The summed E-state index contributed by atoms with van der Waals surface area (Å²) < 4.78 is 0. The van der Waals surface area contributed by atoms with Crippen molar-refractivity contribution in [1.29, 1.82) is 0 Å². The van der Waals surface area contributed by atoms with Crippen LogP contribution in [-0.4, -0.2) is 81.8 Å². The number of aliphatic hydroxyl groups excluding tert-OH is 2. The highest BCUT2D eigenvalue weighted by Gasteiger charge is 2.31. The lowest BCUT2D eigenvalue weighted by Gasteiger charge is -2.25. The number of aliphatic carboxylic acids is 1. The van der Waals surface area contributed by atoms with Gasteiger partial charge in [0.15, 0.2) is 6.04 Å². The molecular weight excluding hydrogens is 414 g/mol. The van der Waals surface area contributed by atoms with Crippen molar-refractivity contribution in [3.8, 4) is 0 Å². The molecule has 10 N–H and O–H groups in total. The van der Waals surface area contributed by atoms with Crippen LogP contribution in [-0.2, 0) is 24.0 Å². The van der Waals surface area contributed by atoms with Crippen LogP contribution in [0.15, 0.2) is 0 Å². The fraction of sp³-hybridized carbons (Fsp3) is 0.722. The van der Waals surface area contributed by atoms with E-state index in [0.717, 1.165) is 6.92 Å². The van der Waals surface area contributed by atoms with E-state index < -0.39 is 66.5 Å². The van der Waals surface area contributed by atoms with E-state index in [9.17, 15) is 34.2 Å². The van der Waals surface area contributed by atoms with Gasteiger partial charge >= 0.3 is 5.97 Å². The SMILES string of the molecule is CC(C)CC(NC(=O)C(N)CCC(N)=O)C(=O)NC(CO)C(=O)NC(C(=O)O)C(C)O. The van der Waals surface area contributed by atoms with Crippen LogP contribution >= 0.6 is 0 Å². The molecule has 0 saturated heterocycles. The molecule has 13 heteroatoms. The Morgan fingerprint density at radius 3 is 1.84 bits per heavy atom. The van der Waals surface area contributed by atoms with Crippen LogP contribution in [0, 0.1) is 5.92 Å². The zero-order chi connectivity index (χ0) is 24.3. The smallest absolute Gasteiger partial charge is 0.328 e. The van der Waals surface area contributed by atoms with Crippen LogP contribution in [0.5, 0.6) is 0 Å². The molecule has 0 aromatic rings. The van der Waals surface area contributed by atoms with E-state index in [4.69, 9.17) is 16.6 Å². The first-order valence-corrected chi connectivity index (χ1v) is 9.76. The summed E-state index contributed by atoms with van der Waals surface area (Å²) in [7, 11) is 0. The summed E-state index contributed by atoms with van der Waals surface area (Å²) in [6, 6.07) is -5.37. The van der Waals surface area contributed by atoms with Crippen molar-refractivity contribution in [2.45, 2.75) is 70.3 Å². The average Bonchev–Trinajstić information content (AvgIpc) is 2.66. The summed E-state index contributed by atoms with van der Waals surface area (Å²) in [4.78, 5) is 59.1. The Hall–Kier alpha value is -2.77. The molecule has 178 valence electrons. The first-order chi connectivity index (χ1) is 14.3. The van der Waals surface area contributed by atoms with Crippen molar-refractivity contribution < 1.29 is 39.3 Å². The molecule has 0 bridgehead atoms. The summed E-state index contributed by atoms with van der Waals surface area (Å²) in [5.74, 6) is -4.72. The van der Waals surface area contributed by atoms with Crippen LogP contribution < -0.4 is 27.4 Å². The third kappa shape index (κ3) is 10.7. The molecule has 0 fully saturated rings. The number of carbonyl (C=O) groups excluding carboxylic acids is 4. The quantitative estimate of drug-likeness (QED) is 0.132. The number of carboxylic acid groups (broad SMARTS) is 1. The van der Waals surface area contributed by atoms with Crippen molar-refractivity contribution in [1.82, 2.24) is 16.0 Å². The molecule has 0 aromatic carbocycles. The lowest BCUT2D eigenvalue weighted by molar-refractivity contribution is -0.145. The molecule has 0 rings (SSSR count). The van der Waals surface area contributed by atoms with E-state index in [-0.39, 0.29) is 25.2 Å². The number of hydrogen-bond donors (Lipinski definition) is 8. The third-order valence-electron chi connectivity index (χ3n) is 4.24.